The van der Waals surface area contributed by atoms with E-state index in [-0.39, 0.29) is 23.5 Å². The van der Waals surface area contributed by atoms with Crippen LogP contribution in [0.3, 0.4) is 0 Å². The molecule has 0 saturated carbocycles. The molecule has 0 unspecified atom stereocenters. The molecule has 0 bridgehead atoms. The molecule has 2 aromatic carbocycles. The van der Waals surface area contributed by atoms with Crippen molar-refractivity contribution in [2.45, 2.75) is 82.6 Å². The third-order valence-electron chi connectivity index (χ3n) is 10.4. The third kappa shape index (κ3) is 5.74. The van der Waals surface area contributed by atoms with E-state index in [0.29, 0.717) is 63.8 Å². The van der Waals surface area contributed by atoms with Crippen LogP contribution in [0.5, 0.6) is 0 Å². The van der Waals surface area contributed by atoms with E-state index >= 15 is 4.39 Å². The van der Waals surface area contributed by atoms with Crippen molar-refractivity contribution in [3.63, 3.8) is 0 Å². The molecule has 1 spiro atoms. The first-order valence-corrected chi connectivity index (χ1v) is 16.2. The summed E-state index contributed by atoms with van der Waals surface area (Å²) in [5.41, 5.74) is 2.94. The number of rotatable bonds is 6. The van der Waals surface area contributed by atoms with Gasteiger partial charge in [0.2, 0.25) is 5.91 Å². The Hall–Kier alpha value is -2.10. The molecule has 3 saturated heterocycles. The fourth-order valence-corrected chi connectivity index (χ4v) is 8.18. The van der Waals surface area contributed by atoms with E-state index in [1.54, 1.807) is 0 Å². The highest BCUT2D eigenvalue weighted by Gasteiger charge is 2.52. The number of benzene rings is 2. The molecule has 3 fully saturated rings. The Morgan fingerprint density at radius 3 is 2.49 bits per heavy atom. The van der Waals surface area contributed by atoms with E-state index in [4.69, 9.17) is 21.1 Å². The predicted molar refractivity (Wildman–Crippen MR) is 163 cm³/mol. The van der Waals surface area contributed by atoms with Crippen molar-refractivity contribution in [3.8, 4) is 0 Å². The maximum absolute atomic E-state index is 15.1. The van der Waals surface area contributed by atoms with Crippen LogP contribution in [0.1, 0.15) is 80.7 Å². The second-order valence-electron chi connectivity index (χ2n) is 13.4. The molecule has 43 heavy (non-hydrogen) atoms. The summed E-state index contributed by atoms with van der Waals surface area (Å²) < 4.78 is 41.5. The first-order valence-electron chi connectivity index (χ1n) is 15.8. The molecular weight excluding hydrogens is 572 g/mol. The maximum Gasteiger partial charge on any atom is 0.227 e. The number of aryl methyl sites for hydroxylation is 1. The Morgan fingerprint density at radius 2 is 1.81 bits per heavy atom. The van der Waals surface area contributed by atoms with Gasteiger partial charge in [-0.3, -0.25) is 9.69 Å². The summed E-state index contributed by atoms with van der Waals surface area (Å²) in [7, 11) is 0. The number of hydrogen-bond acceptors (Lipinski definition) is 5. The second kappa shape index (κ2) is 12.0. The van der Waals surface area contributed by atoms with Gasteiger partial charge in [0.05, 0.1) is 11.5 Å². The number of carbonyl (C=O) groups excluding carboxylic acids is 1. The molecule has 234 valence electrons. The van der Waals surface area contributed by atoms with Crippen LogP contribution >= 0.6 is 11.6 Å². The lowest BCUT2D eigenvalue weighted by atomic mass is 9.81. The minimum absolute atomic E-state index is 0.0443. The number of amides is 1. The largest absolute Gasteiger partial charge is 0.381 e. The lowest BCUT2D eigenvalue weighted by molar-refractivity contribution is -0.151. The molecule has 6 rings (SSSR count). The van der Waals surface area contributed by atoms with Gasteiger partial charge in [0, 0.05) is 68.0 Å². The van der Waals surface area contributed by atoms with Crippen molar-refractivity contribution in [1.82, 2.24) is 15.1 Å². The molecule has 4 aliphatic heterocycles. The summed E-state index contributed by atoms with van der Waals surface area (Å²) in [6.45, 7) is 12.9. The molecule has 4 heterocycles. The number of carbonyl (C=O) groups is 1. The second-order valence-corrected chi connectivity index (χ2v) is 13.8. The van der Waals surface area contributed by atoms with Gasteiger partial charge < -0.3 is 19.7 Å². The number of nitrogens with zero attached hydrogens (tertiary/aromatic N) is 2. The van der Waals surface area contributed by atoms with Crippen LogP contribution < -0.4 is 5.32 Å². The average Bonchev–Trinajstić information content (AvgIpc) is 3.55. The van der Waals surface area contributed by atoms with Crippen LogP contribution in [-0.4, -0.2) is 73.2 Å². The average molecular weight is 616 g/mol. The Labute approximate surface area is 259 Å². The molecule has 0 radical (unpaired) electrons. The SMILES string of the molecule is CCNC(C)(C)[C@H]1OC2(CCN(C(=O)[C@@H]3CN(C4CCOCC4)C[C@H]3c3ccc(F)cc3F)CC2)c2cc(Cl)c(C)cc21. The zero-order chi connectivity index (χ0) is 30.5. The number of likely N-dealkylation sites (tertiary alicyclic amines) is 2. The fraction of sp³-hybridized carbons (Fsp3) is 0.618. The summed E-state index contributed by atoms with van der Waals surface area (Å²) in [6, 6.07) is 8.30. The van der Waals surface area contributed by atoms with E-state index in [2.05, 4.69) is 43.1 Å². The van der Waals surface area contributed by atoms with Gasteiger partial charge in [0.15, 0.2) is 0 Å². The first kappa shape index (κ1) is 30.9. The minimum atomic E-state index is -0.604. The lowest BCUT2D eigenvalue weighted by Gasteiger charge is -2.42. The maximum atomic E-state index is 15.1. The van der Waals surface area contributed by atoms with Crippen molar-refractivity contribution < 1.29 is 23.0 Å². The van der Waals surface area contributed by atoms with Crippen molar-refractivity contribution in [2.24, 2.45) is 5.92 Å². The van der Waals surface area contributed by atoms with Crippen molar-refractivity contribution >= 4 is 17.5 Å². The Bertz CT molecular complexity index is 1360. The highest BCUT2D eigenvalue weighted by atomic mass is 35.5. The predicted octanol–water partition coefficient (Wildman–Crippen LogP) is 6.10. The quantitative estimate of drug-likeness (QED) is 0.426. The number of likely N-dealkylation sites (N-methyl/N-ethyl adjacent to an activating group) is 1. The van der Waals surface area contributed by atoms with Gasteiger partial charge in [-0.25, -0.2) is 8.78 Å². The van der Waals surface area contributed by atoms with Crippen molar-refractivity contribution in [2.75, 3.05) is 45.9 Å². The van der Waals surface area contributed by atoms with Gasteiger partial charge in [-0.05, 0) is 87.4 Å². The molecule has 0 aromatic heterocycles. The molecule has 0 aliphatic carbocycles. The molecule has 1 N–H and O–H groups in total. The number of ether oxygens (including phenoxy) is 2. The number of halogens is 3. The van der Waals surface area contributed by atoms with Crippen LogP contribution in [0, 0.1) is 24.5 Å². The zero-order valence-electron chi connectivity index (χ0n) is 25.7. The summed E-state index contributed by atoms with van der Waals surface area (Å²) in [6.07, 6.45) is 2.98. The first-order chi connectivity index (χ1) is 20.5. The minimum Gasteiger partial charge on any atom is -0.381 e. The van der Waals surface area contributed by atoms with Gasteiger partial charge in [-0.2, -0.15) is 0 Å². The Balaban J connectivity index is 1.24. The molecule has 9 heteroatoms. The monoisotopic (exact) mass is 615 g/mol. The van der Waals surface area contributed by atoms with Gasteiger partial charge in [0.1, 0.15) is 17.7 Å². The van der Waals surface area contributed by atoms with Crippen molar-refractivity contribution in [3.05, 3.63) is 69.2 Å². The smallest absolute Gasteiger partial charge is 0.227 e. The van der Waals surface area contributed by atoms with E-state index < -0.39 is 23.2 Å². The molecule has 1 amide bonds. The molecule has 2 aromatic rings. The Kier molecular flexibility index (Phi) is 8.63. The standard InChI is InChI=1S/C34H44ClF2N3O3/c1-5-38-33(3,4)31-25-16-21(2)29(35)18-28(25)34(43-31)10-12-39(13-11-34)32(41)27-20-40(23-8-14-42-15-9-23)19-26(27)24-7-6-22(36)17-30(24)37/h6-7,16-18,23,26-27,31,38H,5,8-15,19-20H2,1-4H3/t26-,27+,31-/m0/s1. The Morgan fingerprint density at radius 1 is 1.09 bits per heavy atom. The molecule has 4 aliphatic rings. The van der Waals surface area contributed by atoms with E-state index in [1.165, 1.54) is 17.7 Å². The summed E-state index contributed by atoms with van der Waals surface area (Å²) in [5.74, 6) is -1.87. The number of nitrogens with one attached hydrogen (secondary N) is 1. The fourth-order valence-electron chi connectivity index (χ4n) is 8.01. The summed E-state index contributed by atoms with van der Waals surface area (Å²) in [5, 5.41) is 4.32. The van der Waals surface area contributed by atoms with Gasteiger partial charge in [-0.15, -0.1) is 0 Å². The van der Waals surface area contributed by atoms with E-state index in [1.807, 2.05) is 11.8 Å². The van der Waals surface area contributed by atoms with Gasteiger partial charge in [0.25, 0.3) is 0 Å². The van der Waals surface area contributed by atoms with Crippen LogP contribution in [0.25, 0.3) is 0 Å². The molecule has 3 atom stereocenters. The van der Waals surface area contributed by atoms with Gasteiger partial charge in [-0.1, -0.05) is 30.7 Å². The molecular formula is C34H44ClF2N3O3. The number of fused-ring (bicyclic) bond motifs is 2. The van der Waals surface area contributed by atoms with Crippen LogP contribution in [0.4, 0.5) is 8.78 Å². The molecule has 6 nitrogen and oxygen atoms in total. The number of piperidine rings is 1. The van der Waals surface area contributed by atoms with Crippen LogP contribution in [0.2, 0.25) is 5.02 Å². The highest BCUT2D eigenvalue weighted by molar-refractivity contribution is 6.31. The lowest BCUT2D eigenvalue weighted by Crippen LogP contribution is -2.50. The van der Waals surface area contributed by atoms with Crippen LogP contribution in [0.15, 0.2) is 30.3 Å². The zero-order valence-corrected chi connectivity index (χ0v) is 26.5. The normalized spacial score (nSPS) is 26.3. The van der Waals surface area contributed by atoms with Gasteiger partial charge >= 0.3 is 0 Å². The number of hydrogen-bond donors (Lipinski definition) is 1. The highest BCUT2D eigenvalue weighted by Crippen LogP contribution is 2.54. The van der Waals surface area contributed by atoms with Crippen LogP contribution in [-0.2, 0) is 19.9 Å². The van der Waals surface area contributed by atoms with Crippen molar-refractivity contribution in [1.29, 1.82) is 0 Å². The third-order valence-corrected chi connectivity index (χ3v) is 10.8. The van der Waals surface area contributed by atoms with E-state index in [9.17, 15) is 9.18 Å². The topological polar surface area (TPSA) is 54.0 Å². The van der Waals surface area contributed by atoms with E-state index in [0.717, 1.165) is 41.6 Å². The summed E-state index contributed by atoms with van der Waals surface area (Å²) in [4.78, 5) is 18.5. The summed E-state index contributed by atoms with van der Waals surface area (Å²) >= 11 is 6.66.